The van der Waals surface area contributed by atoms with Crippen LogP contribution in [0.2, 0.25) is 0 Å². The van der Waals surface area contributed by atoms with E-state index in [1.807, 2.05) is 20.8 Å². The molecule has 0 atom stereocenters. The van der Waals surface area contributed by atoms with E-state index in [0.717, 1.165) is 24.3 Å². The number of nitrogens with zero attached hydrogens (tertiary/aromatic N) is 2. The van der Waals surface area contributed by atoms with Crippen molar-refractivity contribution in [3.63, 3.8) is 0 Å². The van der Waals surface area contributed by atoms with Crippen molar-refractivity contribution in [2.45, 2.75) is 50.3 Å². The lowest BCUT2D eigenvalue weighted by Crippen LogP contribution is -2.35. The number of piperidine rings is 1. The molecule has 1 aromatic carbocycles. The summed E-state index contributed by atoms with van der Waals surface area (Å²) in [6.45, 7) is 7.23. The topological polar surface area (TPSA) is 79.4 Å². The number of benzene rings is 1. The summed E-state index contributed by atoms with van der Waals surface area (Å²) in [5.74, 6) is -0.282. The Labute approximate surface area is 164 Å². The van der Waals surface area contributed by atoms with Gasteiger partial charge in [0.2, 0.25) is 10.0 Å². The molecule has 0 bridgehead atoms. The number of rotatable bonds is 4. The van der Waals surface area contributed by atoms with Crippen LogP contribution in [-0.2, 0) is 15.4 Å². The SMILES string of the molecule is CC(C)(C)c1ncc(C(=O)Nc2cccc(S(=O)(=O)N3CCCCC3)c2)s1. The van der Waals surface area contributed by atoms with Crippen LogP contribution >= 0.6 is 11.3 Å². The Hall–Kier alpha value is -1.77. The molecule has 27 heavy (non-hydrogen) atoms. The second-order valence-electron chi connectivity index (χ2n) is 7.73. The van der Waals surface area contributed by atoms with Crippen LogP contribution in [0.3, 0.4) is 0 Å². The summed E-state index contributed by atoms with van der Waals surface area (Å²) in [7, 11) is -3.53. The number of amides is 1. The molecule has 8 heteroatoms. The summed E-state index contributed by atoms with van der Waals surface area (Å²) in [5, 5.41) is 3.67. The minimum atomic E-state index is -3.53. The van der Waals surface area contributed by atoms with Crippen molar-refractivity contribution in [2.24, 2.45) is 0 Å². The summed E-state index contributed by atoms with van der Waals surface area (Å²) in [4.78, 5) is 17.6. The molecule has 3 rings (SSSR count). The maximum atomic E-state index is 12.8. The molecule has 1 N–H and O–H groups in total. The molecule has 0 radical (unpaired) electrons. The number of hydrogen-bond acceptors (Lipinski definition) is 5. The smallest absolute Gasteiger partial charge is 0.267 e. The molecule has 1 saturated heterocycles. The largest absolute Gasteiger partial charge is 0.321 e. The quantitative estimate of drug-likeness (QED) is 0.834. The zero-order chi connectivity index (χ0) is 19.7. The molecular formula is C19H25N3O3S2. The molecule has 1 amide bonds. The third-order valence-corrected chi connectivity index (χ3v) is 7.73. The van der Waals surface area contributed by atoms with Crippen LogP contribution in [-0.4, -0.2) is 36.7 Å². The maximum absolute atomic E-state index is 12.8. The molecule has 0 aliphatic carbocycles. The van der Waals surface area contributed by atoms with Crippen LogP contribution < -0.4 is 5.32 Å². The van der Waals surface area contributed by atoms with Crippen molar-refractivity contribution in [2.75, 3.05) is 18.4 Å². The first-order valence-corrected chi connectivity index (χ1v) is 11.3. The van der Waals surface area contributed by atoms with E-state index in [9.17, 15) is 13.2 Å². The van der Waals surface area contributed by atoms with E-state index in [1.165, 1.54) is 21.7 Å². The van der Waals surface area contributed by atoms with E-state index in [2.05, 4.69) is 10.3 Å². The van der Waals surface area contributed by atoms with E-state index >= 15 is 0 Å². The fourth-order valence-electron chi connectivity index (χ4n) is 2.91. The average molecular weight is 408 g/mol. The van der Waals surface area contributed by atoms with E-state index in [1.54, 1.807) is 24.4 Å². The Morgan fingerprint density at radius 2 is 1.89 bits per heavy atom. The van der Waals surface area contributed by atoms with E-state index in [0.29, 0.717) is 23.7 Å². The summed E-state index contributed by atoms with van der Waals surface area (Å²) < 4.78 is 27.2. The fraction of sp³-hybridized carbons (Fsp3) is 0.474. The van der Waals surface area contributed by atoms with Gasteiger partial charge in [-0.3, -0.25) is 4.79 Å². The summed E-state index contributed by atoms with van der Waals surface area (Å²) >= 11 is 1.35. The molecule has 6 nitrogen and oxygen atoms in total. The summed E-state index contributed by atoms with van der Waals surface area (Å²) in [6.07, 6.45) is 4.40. The highest BCUT2D eigenvalue weighted by Crippen LogP contribution is 2.28. The average Bonchev–Trinajstić information content (AvgIpc) is 3.13. The first-order chi connectivity index (χ1) is 12.7. The van der Waals surface area contributed by atoms with Gasteiger partial charge in [0.05, 0.1) is 16.1 Å². The van der Waals surface area contributed by atoms with Crippen LogP contribution in [0.1, 0.15) is 54.7 Å². The minimum absolute atomic E-state index is 0.119. The summed E-state index contributed by atoms with van der Waals surface area (Å²) in [6, 6.07) is 6.44. The molecule has 1 aliphatic heterocycles. The number of sulfonamides is 1. The first-order valence-electron chi connectivity index (χ1n) is 9.06. The fourth-order valence-corrected chi connectivity index (χ4v) is 5.34. The lowest BCUT2D eigenvalue weighted by atomic mass is 9.98. The van der Waals surface area contributed by atoms with Gasteiger partial charge in [-0.2, -0.15) is 4.31 Å². The van der Waals surface area contributed by atoms with Gasteiger partial charge in [-0.25, -0.2) is 13.4 Å². The molecule has 146 valence electrons. The number of aromatic nitrogens is 1. The molecule has 0 spiro atoms. The van der Waals surface area contributed by atoms with Crippen molar-refractivity contribution in [1.29, 1.82) is 0 Å². The molecule has 1 aliphatic rings. The molecule has 1 aromatic heterocycles. The van der Waals surface area contributed by atoms with Gasteiger partial charge in [-0.05, 0) is 31.0 Å². The number of thiazole rings is 1. The van der Waals surface area contributed by atoms with Gasteiger partial charge in [0.25, 0.3) is 5.91 Å². The van der Waals surface area contributed by atoms with Crippen molar-refractivity contribution < 1.29 is 13.2 Å². The number of carbonyl (C=O) groups is 1. The molecule has 2 heterocycles. The van der Waals surface area contributed by atoms with Crippen LogP contribution in [0.5, 0.6) is 0 Å². The number of hydrogen-bond donors (Lipinski definition) is 1. The standard InChI is InChI=1S/C19H25N3O3S2/c1-19(2,3)18-20-13-16(26-18)17(23)21-14-8-7-9-15(12-14)27(24,25)22-10-5-4-6-11-22/h7-9,12-13H,4-6,10-11H2,1-3H3,(H,21,23). The highest BCUT2D eigenvalue weighted by Gasteiger charge is 2.26. The van der Waals surface area contributed by atoms with Crippen LogP contribution in [0.15, 0.2) is 35.4 Å². The Kier molecular flexibility index (Phi) is 5.69. The van der Waals surface area contributed by atoms with E-state index in [-0.39, 0.29) is 16.2 Å². The Bertz CT molecular complexity index is 924. The predicted octanol–water partition coefficient (Wildman–Crippen LogP) is 3.87. The van der Waals surface area contributed by atoms with Crippen molar-refractivity contribution in [3.8, 4) is 0 Å². The Morgan fingerprint density at radius 3 is 2.52 bits per heavy atom. The lowest BCUT2D eigenvalue weighted by Gasteiger charge is -2.26. The first kappa shape index (κ1) is 20.0. The monoisotopic (exact) mass is 407 g/mol. The van der Waals surface area contributed by atoms with Crippen LogP contribution in [0, 0.1) is 0 Å². The molecular weight excluding hydrogens is 382 g/mol. The predicted molar refractivity (Wildman–Crippen MR) is 108 cm³/mol. The zero-order valence-corrected chi connectivity index (χ0v) is 17.5. The van der Waals surface area contributed by atoms with Crippen LogP contribution in [0.25, 0.3) is 0 Å². The highest BCUT2D eigenvalue weighted by atomic mass is 32.2. The van der Waals surface area contributed by atoms with Gasteiger partial charge >= 0.3 is 0 Å². The maximum Gasteiger partial charge on any atom is 0.267 e. The van der Waals surface area contributed by atoms with Gasteiger partial charge in [-0.1, -0.05) is 33.3 Å². The second kappa shape index (κ2) is 7.69. The van der Waals surface area contributed by atoms with Crippen molar-refractivity contribution in [1.82, 2.24) is 9.29 Å². The normalized spacial score (nSPS) is 16.3. The minimum Gasteiger partial charge on any atom is -0.321 e. The molecule has 0 unspecified atom stereocenters. The van der Waals surface area contributed by atoms with Crippen molar-refractivity contribution >= 4 is 33.0 Å². The van der Waals surface area contributed by atoms with Gasteiger partial charge < -0.3 is 5.32 Å². The van der Waals surface area contributed by atoms with Gasteiger partial charge in [-0.15, -0.1) is 11.3 Å². The highest BCUT2D eigenvalue weighted by molar-refractivity contribution is 7.89. The van der Waals surface area contributed by atoms with Gasteiger partial charge in [0, 0.05) is 24.2 Å². The van der Waals surface area contributed by atoms with Gasteiger partial charge in [0.1, 0.15) is 4.88 Å². The molecule has 1 fully saturated rings. The second-order valence-corrected chi connectivity index (χ2v) is 10.7. The third-order valence-electron chi connectivity index (χ3n) is 4.42. The van der Waals surface area contributed by atoms with Crippen molar-refractivity contribution in [3.05, 3.63) is 40.3 Å². The number of nitrogens with one attached hydrogen (secondary N) is 1. The van der Waals surface area contributed by atoms with Gasteiger partial charge in [0.15, 0.2) is 0 Å². The number of anilines is 1. The Morgan fingerprint density at radius 1 is 1.19 bits per heavy atom. The van der Waals surface area contributed by atoms with E-state index in [4.69, 9.17) is 0 Å². The zero-order valence-electron chi connectivity index (χ0n) is 15.9. The van der Waals surface area contributed by atoms with Crippen LogP contribution in [0.4, 0.5) is 5.69 Å². The summed E-state index contributed by atoms with van der Waals surface area (Å²) in [5.41, 5.74) is 0.342. The lowest BCUT2D eigenvalue weighted by molar-refractivity contribution is 0.103. The third kappa shape index (κ3) is 4.56. The number of carbonyl (C=O) groups excluding carboxylic acids is 1. The molecule has 0 saturated carbocycles. The van der Waals surface area contributed by atoms with E-state index < -0.39 is 10.0 Å². The Balaban J connectivity index is 1.77. The molecule has 2 aromatic rings.